The Morgan fingerprint density at radius 2 is 1.02 bits per heavy atom. The van der Waals surface area contributed by atoms with E-state index in [4.69, 9.17) is 0 Å². The highest BCUT2D eigenvalue weighted by molar-refractivity contribution is 7.92. The standard InChI is InChI=1S/C29H23F6N5O4S/c1-17-8-2-7-13-25(17)45(43,44)40-18-14-15-23(38-26(41)36-21-11-5-3-9-19(21)28(30,31)32)24(16-18)39-27(42)37-22-12-6-4-10-20(22)29(33,34)35/h2-16,40H,1H3,(H2,36,38,41)(H2,37,39,42). The van der Waals surface area contributed by atoms with Crippen LogP contribution in [0.15, 0.2) is 95.9 Å². The van der Waals surface area contributed by atoms with Crippen LogP contribution in [0, 0.1) is 6.92 Å². The molecule has 0 saturated heterocycles. The van der Waals surface area contributed by atoms with Gasteiger partial charge in [0.25, 0.3) is 10.0 Å². The maximum absolute atomic E-state index is 13.4. The van der Waals surface area contributed by atoms with Crippen LogP contribution < -0.4 is 26.0 Å². The Morgan fingerprint density at radius 1 is 0.578 bits per heavy atom. The minimum Gasteiger partial charge on any atom is -0.307 e. The van der Waals surface area contributed by atoms with E-state index >= 15 is 0 Å². The van der Waals surface area contributed by atoms with Crippen molar-refractivity contribution >= 4 is 50.5 Å². The molecule has 4 aromatic rings. The maximum Gasteiger partial charge on any atom is 0.418 e. The van der Waals surface area contributed by atoms with Crippen molar-refractivity contribution in [1.82, 2.24) is 0 Å². The highest BCUT2D eigenvalue weighted by atomic mass is 32.2. The lowest BCUT2D eigenvalue weighted by molar-refractivity contribution is -0.137. The largest absolute Gasteiger partial charge is 0.418 e. The number of hydrogen-bond donors (Lipinski definition) is 5. The molecule has 0 aliphatic carbocycles. The normalized spacial score (nSPS) is 11.8. The van der Waals surface area contributed by atoms with Gasteiger partial charge in [-0.2, -0.15) is 26.3 Å². The molecule has 4 aromatic carbocycles. The molecule has 5 N–H and O–H groups in total. The van der Waals surface area contributed by atoms with Crippen molar-refractivity contribution in [3.8, 4) is 0 Å². The van der Waals surface area contributed by atoms with E-state index in [1.807, 2.05) is 5.32 Å². The monoisotopic (exact) mass is 651 g/mol. The van der Waals surface area contributed by atoms with Crippen molar-refractivity contribution in [3.05, 3.63) is 108 Å². The van der Waals surface area contributed by atoms with Gasteiger partial charge >= 0.3 is 24.4 Å². The SMILES string of the molecule is Cc1ccccc1S(=O)(=O)Nc1ccc(NC(=O)Nc2ccccc2C(F)(F)F)c(NC(=O)Nc2ccccc2C(F)(F)F)c1. The number of amides is 4. The molecular formula is C29H23F6N5O4S. The van der Waals surface area contributed by atoms with Crippen molar-refractivity contribution in [2.24, 2.45) is 0 Å². The fourth-order valence-corrected chi connectivity index (χ4v) is 5.42. The van der Waals surface area contributed by atoms with E-state index < -0.39 is 56.9 Å². The number of sulfonamides is 1. The fraction of sp³-hybridized carbons (Fsp3) is 0.103. The summed E-state index contributed by atoms with van der Waals surface area (Å²) >= 11 is 0. The Labute approximate surface area is 252 Å². The van der Waals surface area contributed by atoms with Crippen molar-refractivity contribution in [3.63, 3.8) is 0 Å². The van der Waals surface area contributed by atoms with Crippen LogP contribution in [-0.2, 0) is 22.4 Å². The van der Waals surface area contributed by atoms with Crippen LogP contribution in [-0.4, -0.2) is 20.5 Å². The maximum atomic E-state index is 13.4. The van der Waals surface area contributed by atoms with Gasteiger partial charge in [0.15, 0.2) is 0 Å². The van der Waals surface area contributed by atoms with Gasteiger partial charge in [-0.25, -0.2) is 18.0 Å². The number of halogens is 6. The fourth-order valence-electron chi connectivity index (χ4n) is 4.12. The Morgan fingerprint density at radius 3 is 1.53 bits per heavy atom. The molecule has 0 heterocycles. The lowest BCUT2D eigenvalue weighted by atomic mass is 10.1. The van der Waals surface area contributed by atoms with Crippen LogP contribution in [0.5, 0.6) is 0 Å². The quantitative estimate of drug-likeness (QED) is 0.129. The first-order valence-electron chi connectivity index (χ1n) is 12.8. The second-order valence-electron chi connectivity index (χ2n) is 9.38. The van der Waals surface area contributed by atoms with Gasteiger partial charge in [-0.05, 0) is 61.0 Å². The highest BCUT2D eigenvalue weighted by Gasteiger charge is 2.34. The third kappa shape index (κ3) is 8.23. The molecule has 0 atom stereocenters. The number of aryl methyl sites for hydroxylation is 1. The predicted octanol–water partition coefficient (Wildman–Crippen LogP) is 8.12. The Balaban J connectivity index is 1.65. The number of carbonyl (C=O) groups excluding carboxylic acids is 2. The first-order valence-corrected chi connectivity index (χ1v) is 14.2. The van der Waals surface area contributed by atoms with E-state index in [1.165, 1.54) is 30.3 Å². The first kappa shape index (κ1) is 32.7. The van der Waals surface area contributed by atoms with Crippen molar-refractivity contribution in [2.45, 2.75) is 24.2 Å². The average Bonchev–Trinajstić information content (AvgIpc) is 2.94. The molecule has 4 amide bonds. The molecule has 0 bridgehead atoms. The summed E-state index contributed by atoms with van der Waals surface area (Å²) in [6.07, 6.45) is -9.60. The summed E-state index contributed by atoms with van der Waals surface area (Å²) in [5.41, 5.74) is -3.74. The number of carbonyl (C=O) groups is 2. The Hall–Kier alpha value is -5.25. The zero-order valence-electron chi connectivity index (χ0n) is 23.0. The molecule has 0 radical (unpaired) electrons. The molecule has 0 aliphatic rings. The van der Waals surface area contributed by atoms with Crippen LogP contribution in [0.2, 0.25) is 0 Å². The molecule has 0 fully saturated rings. The topological polar surface area (TPSA) is 128 Å². The van der Waals surface area contributed by atoms with Gasteiger partial charge in [0.2, 0.25) is 0 Å². The number of benzene rings is 4. The van der Waals surface area contributed by atoms with Crippen LogP contribution in [0.1, 0.15) is 16.7 Å². The van der Waals surface area contributed by atoms with Crippen LogP contribution in [0.25, 0.3) is 0 Å². The summed E-state index contributed by atoms with van der Waals surface area (Å²) in [6, 6.07) is 15.3. The second-order valence-corrected chi connectivity index (χ2v) is 11.0. The highest BCUT2D eigenvalue weighted by Crippen LogP contribution is 2.36. The Kier molecular flexibility index (Phi) is 9.27. The zero-order chi connectivity index (χ0) is 33.0. The van der Waals surface area contributed by atoms with Gasteiger partial charge in [0.1, 0.15) is 0 Å². The van der Waals surface area contributed by atoms with Crippen LogP contribution >= 0.6 is 0 Å². The first-order chi connectivity index (χ1) is 21.0. The van der Waals surface area contributed by atoms with Gasteiger partial charge in [-0.1, -0.05) is 42.5 Å². The van der Waals surface area contributed by atoms with Crippen LogP contribution in [0.3, 0.4) is 0 Å². The average molecular weight is 652 g/mol. The van der Waals surface area contributed by atoms with Gasteiger partial charge in [0, 0.05) is 0 Å². The molecule has 0 aliphatic heterocycles. The van der Waals surface area contributed by atoms with E-state index in [-0.39, 0.29) is 22.0 Å². The van der Waals surface area contributed by atoms with E-state index in [2.05, 4.69) is 20.7 Å². The van der Waals surface area contributed by atoms with E-state index in [1.54, 1.807) is 19.1 Å². The Bertz CT molecular complexity index is 1850. The molecule has 0 unspecified atom stereocenters. The smallest absolute Gasteiger partial charge is 0.307 e. The molecule has 0 saturated carbocycles. The van der Waals surface area contributed by atoms with Gasteiger partial charge in [-0.15, -0.1) is 0 Å². The molecule has 0 aromatic heterocycles. The molecule has 236 valence electrons. The van der Waals surface area contributed by atoms with Gasteiger partial charge in [-0.3, -0.25) is 4.72 Å². The third-order valence-corrected chi connectivity index (χ3v) is 7.65. The summed E-state index contributed by atoms with van der Waals surface area (Å²) in [6.45, 7) is 1.56. The summed E-state index contributed by atoms with van der Waals surface area (Å²) in [4.78, 5) is 25.5. The number of nitrogens with one attached hydrogen (secondary N) is 5. The van der Waals surface area contributed by atoms with E-state index in [9.17, 15) is 44.3 Å². The summed E-state index contributed by atoms with van der Waals surface area (Å²) in [7, 11) is -4.16. The molecule has 0 spiro atoms. The zero-order valence-corrected chi connectivity index (χ0v) is 23.8. The molecular weight excluding hydrogens is 628 g/mol. The van der Waals surface area contributed by atoms with Crippen molar-refractivity contribution in [2.75, 3.05) is 26.0 Å². The lowest BCUT2D eigenvalue weighted by Gasteiger charge is -2.18. The second kappa shape index (κ2) is 12.8. The summed E-state index contributed by atoms with van der Waals surface area (Å²) in [5.74, 6) is 0. The minimum atomic E-state index is -4.81. The number of urea groups is 2. The third-order valence-electron chi connectivity index (χ3n) is 6.11. The van der Waals surface area contributed by atoms with Crippen molar-refractivity contribution in [1.29, 1.82) is 0 Å². The van der Waals surface area contributed by atoms with E-state index in [0.717, 1.165) is 48.5 Å². The van der Waals surface area contributed by atoms with E-state index in [0.29, 0.717) is 5.56 Å². The number of anilines is 5. The number of rotatable bonds is 7. The van der Waals surface area contributed by atoms with Crippen LogP contribution in [0.4, 0.5) is 64.4 Å². The molecule has 16 heteroatoms. The summed E-state index contributed by atoms with van der Waals surface area (Å²) < 4.78 is 109. The minimum absolute atomic E-state index is 0.0640. The van der Waals surface area contributed by atoms with Gasteiger partial charge in [0.05, 0.1) is 44.5 Å². The molecule has 4 rings (SSSR count). The molecule has 45 heavy (non-hydrogen) atoms. The number of hydrogen-bond acceptors (Lipinski definition) is 4. The number of alkyl halides is 6. The van der Waals surface area contributed by atoms with Gasteiger partial charge < -0.3 is 21.3 Å². The summed E-state index contributed by atoms with van der Waals surface area (Å²) in [5, 5.41) is 8.61. The lowest BCUT2D eigenvalue weighted by Crippen LogP contribution is -2.25. The predicted molar refractivity (Wildman–Crippen MR) is 157 cm³/mol. The molecule has 9 nitrogen and oxygen atoms in total. The number of para-hydroxylation sites is 2. The van der Waals surface area contributed by atoms with Crippen molar-refractivity contribution < 1.29 is 44.3 Å².